The predicted molar refractivity (Wildman–Crippen MR) is 93.4 cm³/mol. The highest BCUT2D eigenvalue weighted by Crippen LogP contribution is 2.38. The van der Waals surface area contributed by atoms with E-state index >= 15 is 0 Å². The van der Waals surface area contributed by atoms with Crippen molar-refractivity contribution in [1.82, 2.24) is 10.2 Å². The number of carboxylic acids is 1. The van der Waals surface area contributed by atoms with Crippen molar-refractivity contribution in [3.8, 4) is 0 Å². The second-order valence-corrected chi connectivity index (χ2v) is 7.27. The highest BCUT2D eigenvalue weighted by molar-refractivity contribution is 5.87. The molecule has 25 heavy (non-hydrogen) atoms. The molecule has 1 spiro atoms. The molecule has 3 rings (SSSR count). The minimum absolute atomic E-state index is 0.0103. The van der Waals surface area contributed by atoms with Gasteiger partial charge in [-0.1, -0.05) is 12.1 Å². The Labute approximate surface area is 148 Å². The van der Waals surface area contributed by atoms with E-state index in [1.165, 1.54) is 6.42 Å². The lowest BCUT2D eigenvalue weighted by molar-refractivity contribution is -0.126. The Kier molecular flexibility index (Phi) is 5.39. The molecule has 1 aromatic carbocycles. The molecule has 2 unspecified atom stereocenters. The monoisotopic (exact) mass is 346 g/mol. The van der Waals surface area contributed by atoms with Crippen LogP contribution >= 0.6 is 0 Å². The van der Waals surface area contributed by atoms with Crippen LogP contribution in [-0.4, -0.2) is 54.2 Å². The van der Waals surface area contributed by atoms with E-state index in [2.05, 4.69) is 10.2 Å². The van der Waals surface area contributed by atoms with Gasteiger partial charge in [0.05, 0.1) is 18.2 Å². The Hall–Kier alpha value is -1.92. The van der Waals surface area contributed by atoms with E-state index in [9.17, 15) is 9.59 Å². The number of benzene rings is 1. The van der Waals surface area contributed by atoms with Crippen LogP contribution in [0.5, 0.6) is 0 Å². The average Bonchev–Trinajstić information content (AvgIpc) is 3.03. The Morgan fingerprint density at radius 1 is 1.32 bits per heavy atom. The normalized spacial score (nSPS) is 25.0. The van der Waals surface area contributed by atoms with Gasteiger partial charge in [0.1, 0.15) is 0 Å². The van der Waals surface area contributed by atoms with Gasteiger partial charge in [0, 0.05) is 25.1 Å². The smallest absolute Gasteiger partial charge is 0.335 e. The molecule has 2 aliphatic rings. The topological polar surface area (TPSA) is 78.9 Å². The average molecular weight is 346 g/mol. The zero-order valence-corrected chi connectivity index (χ0v) is 14.7. The summed E-state index contributed by atoms with van der Waals surface area (Å²) in [5.74, 6) is -0.935. The number of nitrogens with one attached hydrogen (secondary N) is 1. The molecule has 6 nitrogen and oxygen atoms in total. The third-order valence-corrected chi connectivity index (χ3v) is 5.47. The van der Waals surface area contributed by atoms with Crippen LogP contribution in [0, 0.1) is 5.41 Å². The standard InChI is InChI=1S/C19H26N2O4/c1-14(21-9-8-19(12-21)7-2-10-25-13-19)17(22)20-11-15-3-5-16(6-4-15)18(23)24/h3-6,14H,2,7-13H2,1H3,(H,20,22)(H,23,24). The van der Waals surface area contributed by atoms with Gasteiger partial charge in [0.2, 0.25) is 5.91 Å². The fourth-order valence-corrected chi connectivity index (χ4v) is 3.80. The van der Waals surface area contributed by atoms with Gasteiger partial charge < -0.3 is 15.2 Å². The molecule has 0 aliphatic carbocycles. The van der Waals surface area contributed by atoms with Crippen molar-refractivity contribution in [1.29, 1.82) is 0 Å². The molecule has 136 valence electrons. The number of ether oxygens (including phenoxy) is 1. The largest absolute Gasteiger partial charge is 0.478 e. The zero-order chi connectivity index (χ0) is 17.9. The van der Waals surface area contributed by atoms with E-state index in [-0.39, 0.29) is 22.9 Å². The predicted octanol–water partition coefficient (Wildman–Crippen LogP) is 1.89. The second kappa shape index (κ2) is 7.54. The first kappa shape index (κ1) is 17.9. The lowest BCUT2D eigenvalue weighted by Gasteiger charge is -2.34. The van der Waals surface area contributed by atoms with E-state index in [4.69, 9.17) is 9.84 Å². The summed E-state index contributed by atoms with van der Waals surface area (Å²) < 4.78 is 5.66. The molecule has 2 fully saturated rings. The molecule has 6 heteroatoms. The SMILES string of the molecule is CC(C(=O)NCc1ccc(C(=O)O)cc1)N1CCC2(CCCOC2)C1. The molecule has 2 saturated heterocycles. The maximum absolute atomic E-state index is 12.5. The van der Waals surface area contributed by atoms with E-state index in [1.807, 2.05) is 6.92 Å². The highest BCUT2D eigenvalue weighted by Gasteiger charge is 2.42. The number of aromatic carboxylic acids is 1. The van der Waals surface area contributed by atoms with Crippen molar-refractivity contribution in [2.45, 2.75) is 38.8 Å². The van der Waals surface area contributed by atoms with E-state index in [0.29, 0.717) is 6.54 Å². The van der Waals surface area contributed by atoms with Crippen molar-refractivity contribution in [2.75, 3.05) is 26.3 Å². The number of carbonyl (C=O) groups excluding carboxylic acids is 1. The molecule has 2 aliphatic heterocycles. The fourth-order valence-electron chi connectivity index (χ4n) is 3.80. The summed E-state index contributed by atoms with van der Waals surface area (Å²) in [6.07, 6.45) is 3.40. The summed E-state index contributed by atoms with van der Waals surface area (Å²) in [5.41, 5.74) is 1.38. The number of carbonyl (C=O) groups is 2. The van der Waals surface area contributed by atoms with Gasteiger partial charge in [0.15, 0.2) is 0 Å². The number of amides is 1. The molecular weight excluding hydrogens is 320 g/mol. The Morgan fingerprint density at radius 2 is 2.08 bits per heavy atom. The molecular formula is C19H26N2O4. The summed E-state index contributed by atoms with van der Waals surface area (Å²) in [6.45, 7) is 5.89. The van der Waals surface area contributed by atoms with Crippen LogP contribution in [0.25, 0.3) is 0 Å². The molecule has 1 aromatic rings. The van der Waals surface area contributed by atoms with Gasteiger partial charge in [-0.2, -0.15) is 0 Å². The van der Waals surface area contributed by atoms with Gasteiger partial charge in [-0.3, -0.25) is 9.69 Å². The summed E-state index contributed by atoms with van der Waals surface area (Å²) in [4.78, 5) is 25.6. The first-order valence-electron chi connectivity index (χ1n) is 8.91. The van der Waals surface area contributed by atoms with Crippen molar-refractivity contribution >= 4 is 11.9 Å². The van der Waals surface area contributed by atoms with Crippen LogP contribution in [-0.2, 0) is 16.1 Å². The molecule has 0 saturated carbocycles. The van der Waals surface area contributed by atoms with Crippen LogP contribution in [0.4, 0.5) is 0 Å². The molecule has 2 N–H and O–H groups in total. The van der Waals surface area contributed by atoms with Crippen LogP contribution in [0.3, 0.4) is 0 Å². The maximum atomic E-state index is 12.5. The maximum Gasteiger partial charge on any atom is 0.335 e. The molecule has 0 bridgehead atoms. The Bertz CT molecular complexity index is 623. The number of nitrogens with zero attached hydrogens (tertiary/aromatic N) is 1. The summed E-state index contributed by atoms with van der Waals surface area (Å²) in [5, 5.41) is 11.9. The van der Waals surface area contributed by atoms with Gasteiger partial charge >= 0.3 is 5.97 Å². The van der Waals surface area contributed by atoms with Crippen LogP contribution in [0.2, 0.25) is 0 Å². The van der Waals surface area contributed by atoms with Crippen LogP contribution in [0.15, 0.2) is 24.3 Å². The lowest BCUT2D eigenvalue weighted by atomic mass is 9.82. The van der Waals surface area contributed by atoms with Crippen molar-refractivity contribution in [2.24, 2.45) is 5.41 Å². The van der Waals surface area contributed by atoms with Gasteiger partial charge in [-0.05, 0) is 50.4 Å². The van der Waals surface area contributed by atoms with Crippen molar-refractivity contribution in [3.63, 3.8) is 0 Å². The van der Waals surface area contributed by atoms with E-state index in [1.54, 1.807) is 24.3 Å². The third kappa shape index (κ3) is 4.19. The first-order valence-corrected chi connectivity index (χ1v) is 8.91. The second-order valence-electron chi connectivity index (χ2n) is 7.27. The van der Waals surface area contributed by atoms with Gasteiger partial charge in [-0.25, -0.2) is 4.79 Å². The molecule has 0 radical (unpaired) electrons. The minimum Gasteiger partial charge on any atom is -0.478 e. The number of likely N-dealkylation sites (tertiary alicyclic amines) is 1. The molecule has 1 amide bonds. The number of carboxylic acid groups (broad SMARTS) is 1. The van der Waals surface area contributed by atoms with Crippen LogP contribution in [0.1, 0.15) is 42.1 Å². The number of hydrogen-bond acceptors (Lipinski definition) is 4. The van der Waals surface area contributed by atoms with Gasteiger partial charge in [0.25, 0.3) is 0 Å². The number of rotatable bonds is 5. The molecule has 2 heterocycles. The molecule has 0 aromatic heterocycles. The third-order valence-electron chi connectivity index (χ3n) is 5.47. The minimum atomic E-state index is -0.945. The zero-order valence-electron chi connectivity index (χ0n) is 14.7. The van der Waals surface area contributed by atoms with Gasteiger partial charge in [-0.15, -0.1) is 0 Å². The summed E-state index contributed by atoms with van der Waals surface area (Å²) in [7, 11) is 0. The fraction of sp³-hybridized carbons (Fsp3) is 0.579. The Morgan fingerprint density at radius 3 is 2.72 bits per heavy atom. The van der Waals surface area contributed by atoms with Crippen molar-refractivity contribution < 1.29 is 19.4 Å². The highest BCUT2D eigenvalue weighted by atomic mass is 16.5. The number of hydrogen-bond donors (Lipinski definition) is 2. The summed E-state index contributed by atoms with van der Waals surface area (Å²) in [6, 6.07) is 6.41. The molecule has 2 atom stereocenters. The van der Waals surface area contributed by atoms with Crippen molar-refractivity contribution in [3.05, 3.63) is 35.4 Å². The van der Waals surface area contributed by atoms with Crippen LogP contribution < -0.4 is 5.32 Å². The van der Waals surface area contributed by atoms with E-state index in [0.717, 1.165) is 44.7 Å². The summed E-state index contributed by atoms with van der Waals surface area (Å²) >= 11 is 0. The Balaban J connectivity index is 1.50. The quantitative estimate of drug-likeness (QED) is 0.851. The first-order chi connectivity index (χ1) is 12.0. The van der Waals surface area contributed by atoms with E-state index < -0.39 is 5.97 Å². The lowest BCUT2D eigenvalue weighted by Crippen LogP contribution is -2.45.